The lowest BCUT2D eigenvalue weighted by atomic mass is 9.96. The number of hydrogen-bond donors (Lipinski definition) is 0. The Labute approximate surface area is 346 Å². The molecule has 1 aliphatic heterocycles. The number of allylic oxidation sites excluding steroid dienone is 5. The maximum Gasteiger partial charge on any atom is 0.306 e. The predicted octanol–water partition coefficient (Wildman–Crippen LogP) is 13.8. The highest BCUT2D eigenvalue weighted by molar-refractivity contribution is 5.69. The molecule has 2 aliphatic carbocycles. The number of rotatable bonds is 40. The molecule has 0 spiro atoms. The fourth-order valence-corrected chi connectivity index (χ4v) is 8.38. The number of carbonyl (C=O) groups excluding carboxylic acids is 1. The van der Waals surface area contributed by atoms with Gasteiger partial charge in [0.25, 0.3) is 0 Å². The summed E-state index contributed by atoms with van der Waals surface area (Å²) in [5, 5.41) is 0. The van der Waals surface area contributed by atoms with Gasteiger partial charge in [0.2, 0.25) is 0 Å². The maximum absolute atomic E-state index is 12.9. The van der Waals surface area contributed by atoms with Crippen molar-refractivity contribution >= 4 is 5.97 Å². The van der Waals surface area contributed by atoms with Gasteiger partial charge in [0.1, 0.15) is 13.2 Å². The van der Waals surface area contributed by atoms with E-state index in [0.29, 0.717) is 50.6 Å². The van der Waals surface area contributed by atoms with Gasteiger partial charge in [-0.05, 0) is 81.5 Å². The second-order valence-corrected chi connectivity index (χ2v) is 18.0. The second kappa shape index (κ2) is 30.4. The van der Waals surface area contributed by atoms with Crippen molar-refractivity contribution in [3.8, 4) is 0 Å². The number of fused-ring (bicyclic) bond motifs is 1. The number of carbonyl (C=O) groups is 1. The lowest BCUT2D eigenvalue weighted by Crippen LogP contribution is -2.54. The molecule has 1 atom stereocenters. The molecule has 3 fully saturated rings. The van der Waals surface area contributed by atoms with Gasteiger partial charge < -0.3 is 18.9 Å². The van der Waals surface area contributed by atoms with E-state index in [1.807, 2.05) is 0 Å². The van der Waals surface area contributed by atoms with Crippen LogP contribution in [0, 0.1) is 17.3 Å². The van der Waals surface area contributed by atoms with Crippen molar-refractivity contribution in [1.29, 1.82) is 0 Å². The first-order valence-electron chi connectivity index (χ1n) is 24.2. The van der Waals surface area contributed by atoms with E-state index < -0.39 is 0 Å². The molecule has 0 radical (unpaired) electrons. The number of nitrogens with zero attached hydrogens (tertiary/aromatic N) is 1. The van der Waals surface area contributed by atoms with Gasteiger partial charge in [-0.25, -0.2) is 0 Å². The highest BCUT2D eigenvalue weighted by atomic mass is 16.7. The molecule has 0 amide bonds. The van der Waals surface area contributed by atoms with E-state index in [4.69, 9.17) is 18.9 Å². The third kappa shape index (κ3) is 21.4. The normalized spacial score (nSPS) is 20.0. The van der Waals surface area contributed by atoms with Gasteiger partial charge in [0.05, 0.1) is 18.2 Å². The zero-order chi connectivity index (χ0) is 40.1. The quantitative estimate of drug-likeness (QED) is 0.0203. The molecule has 56 heavy (non-hydrogen) atoms. The van der Waals surface area contributed by atoms with E-state index in [-0.39, 0.29) is 18.3 Å². The van der Waals surface area contributed by atoms with Crippen LogP contribution < -0.4 is 0 Å². The highest BCUT2D eigenvalue weighted by Crippen LogP contribution is 2.79. The average molecular weight is 784 g/mol. The SMILES string of the molecule is C=C(CCCCCCC/C=C\C/C=C(\CCCCC)C12CC1C2)OCC(COC(=O)CCC(OCCCCCCCC)OCCCCCCCC)N1CC(C)C1. The molecule has 6 nitrogen and oxygen atoms in total. The van der Waals surface area contributed by atoms with E-state index in [1.54, 1.807) is 5.57 Å². The van der Waals surface area contributed by atoms with Crippen molar-refractivity contribution in [2.75, 3.05) is 39.5 Å². The Kier molecular flexibility index (Phi) is 26.5. The van der Waals surface area contributed by atoms with Crippen molar-refractivity contribution in [3.05, 3.63) is 36.1 Å². The molecule has 6 heteroatoms. The van der Waals surface area contributed by atoms with Crippen molar-refractivity contribution < 1.29 is 23.7 Å². The predicted molar refractivity (Wildman–Crippen MR) is 236 cm³/mol. The summed E-state index contributed by atoms with van der Waals surface area (Å²) in [7, 11) is 0. The lowest BCUT2D eigenvalue weighted by molar-refractivity contribution is -0.161. The summed E-state index contributed by atoms with van der Waals surface area (Å²) < 4.78 is 24.3. The molecule has 2 saturated carbocycles. The summed E-state index contributed by atoms with van der Waals surface area (Å²) in [5.41, 5.74) is 2.49. The summed E-state index contributed by atoms with van der Waals surface area (Å²) in [4.78, 5) is 15.3. The number of hydrogen-bond acceptors (Lipinski definition) is 6. The molecule has 324 valence electrons. The van der Waals surface area contributed by atoms with E-state index in [0.717, 1.165) is 56.9 Å². The number of ether oxygens (including phenoxy) is 4. The molecular weight excluding hydrogens is 695 g/mol. The minimum absolute atomic E-state index is 0.0609. The Balaban J connectivity index is 1.25. The van der Waals surface area contributed by atoms with Crippen LogP contribution in [0.5, 0.6) is 0 Å². The van der Waals surface area contributed by atoms with E-state index in [1.165, 1.54) is 135 Å². The monoisotopic (exact) mass is 784 g/mol. The van der Waals surface area contributed by atoms with Gasteiger partial charge in [0.15, 0.2) is 6.29 Å². The van der Waals surface area contributed by atoms with Crippen LogP contribution in [0.1, 0.15) is 207 Å². The average Bonchev–Trinajstić information content (AvgIpc) is 4.08. The fourth-order valence-electron chi connectivity index (χ4n) is 8.38. The van der Waals surface area contributed by atoms with Gasteiger partial charge >= 0.3 is 5.97 Å². The van der Waals surface area contributed by atoms with E-state index in [2.05, 4.69) is 57.4 Å². The molecule has 0 N–H and O–H groups in total. The Morgan fingerprint density at radius 1 is 0.696 bits per heavy atom. The zero-order valence-electron chi connectivity index (χ0n) is 37.3. The van der Waals surface area contributed by atoms with Crippen molar-refractivity contribution in [1.82, 2.24) is 4.90 Å². The van der Waals surface area contributed by atoms with Gasteiger partial charge in [-0.3, -0.25) is 9.69 Å². The second-order valence-electron chi connectivity index (χ2n) is 18.0. The van der Waals surface area contributed by atoms with Crippen LogP contribution in [0.3, 0.4) is 0 Å². The van der Waals surface area contributed by atoms with Crippen LogP contribution in [0.25, 0.3) is 0 Å². The van der Waals surface area contributed by atoms with Gasteiger partial charge in [-0.15, -0.1) is 0 Å². The fraction of sp³-hybridized carbons (Fsp3) is 0.860. The molecule has 0 aromatic heterocycles. The van der Waals surface area contributed by atoms with Crippen LogP contribution >= 0.6 is 0 Å². The maximum atomic E-state index is 12.9. The summed E-state index contributed by atoms with van der Waals surface area (Å²) >= 11 is 0. The number of esters is 1. The third-order valence-electron chi connectivity index (χ3n) is 12.6. The Hall–Kier alpha value is -1.63. The molecule has 0 bridgehead atoms. The molecule has 0 aromatic carbocycles. The van der Waals surface area contributed by atoms with Gasteiger partial charge in [0, 0.05) is 39.1 Å². The van der Waals surface area contributed by atoms with E-state index in [9.17, 15) is 4.79 Å². The summed E-state index contributed by atoms with van der Waals surface area (Å²) in [5.74, 6) is 2.40. The van der Waals surface area contributed by atoms with Crippen LogP contribution in [0.15, 0.2) is 36.1 Å². The standard InChI is InChI=1S/C50H89NO5/c1-6-9-12-14-23-28-35-53-49(54-36-29-24-15-13-10-7-2)34-33-48(52)56-42-47(51-39-43(4)40-51)41-55-44(5)30-26-21-19-17-16-18-20-22-27-32-45(31-25-11-8-3)50-37-46(50)38-50/h20,22,32,43,46-47,49H,5-19,21,23-31,33-42H2,1-4H3/b22-20-,45-32+. The first-order chi connectivity index (χ1) is 27.4. The van der Waals surface area contributed by atoms with Gasteiger partial charge in [-0.1, -0.05) is 154 Å². The molecule has 1 unspecified atom stereocenters. The smallest absolute Gasteiger partial charge is 0.306 e. The van der Waals surface area contributed by atoms with Crippen molar-refractivity contribution in [2.24, 2.45) is 17.3 Å². The number of unbranched alkanes of at least 4 members (excludes halogenated alkanes) is 17. The molecule has 3 aliphatic rings. The highest BCUT2D eigenvalue weighted by Gasteiger charge is 2.70. The molecule has 1 saturated heterocycles. The van der Waals surface area contributed by atoms with Crippen LogP contribution in [0.4, 0.5) is 0 Å². The van der Waals surface area contributed by atoms with Crippen LogP contribution in [-0.2, 0) is 23.7 Å². The van der Waals surface area contributed by atoms with E-state index >= 15 is 0 Å². The third-order valence-corrected chi connectivity index (χ3v) is 12.6. The first-order valence-corrected chi connectivity index (χ1v) is 24.2. The lowest BCUT2D eigenvalue weighted by Gasteiger charge is -2.42. The molecule has 3 rings (SSSR count). The Morgan fingerprint density at radius 3 is 1.84 bits per heavy atom. The molecule has 1 heterocycles. The van der Waals surface area contributed by atoms with Gasteiger partial charge in [-0.2, -0.15) is 0 Å². The minimum atomic E-state index is -0.341. The molecular formula is C50H89NO5. The zero-order valence-corrected chi connectivity index (χ0v) is 37.3. The number of likely N-dealkylation sites (tertiary alicyclic amines) is 1. The summed E-state index contributed by atoms with van der Waals surface area (Å²) in [6, 6.07) is 0.0609. The summed E-state index contributed by atoms with van der Waals surface area (Å²) in [6.07, 6.45) is 40.4. The summed E-state index contributed by atoms with van der Waals surface area (Å²) in [6.45, 7) is 17.6. The molecule has 0 aromatic rings. The minimum Gasteiger partial charge on any atom is -0.497 e. The Morgan fingerprint density at radius 2 is 1.23 bits per heavy atom. The van der Waals surface area contributed by atoms with Crippen molar-refractivity contribution in [2.45, 2.75) is 220 Å². The Bertz CT molecular complexity index is 1060. The van der Waals surface area contributed by atoms with Crippen molar-refractivity contribution in [3.63, 3.8) is 0 Å². The topological polar surface area (TPSA) is 57.2 Å². The first kappa shape index (κ1) is 48.7. The van der Waals surface area contributed by atoms with Crippen LogP contribution in [0.2, 0.25) is 0 Å². The largest absolute Gasteiger partial charge is 0.497 e. The van der Waals surface area contributed by atoms with Crippen LogP contribution in [-0.4, -0.2) is 62.7 Å².